The molecule has 0 saturated carbocycles. The number of nitrogens with zero attached hydrogens (tertiary/aromatic N) is 1. The highest BCUT2D eigenvalue weighted by molar-refractivity contribution is 6.01. The highest BCUT2D eigenvalue weighted by Gasteiger charge is 2.36. The summed E-state index contributed by atoms with van der Waals surface area (Å²) in [7, 11) is 0. The Bertz CT molecular complexity index is 973. The van der Waals surface area contributed by atoms with Crippen molar-refractivity contribution in [1.29, 1.82) is 0 Å². The van der Waals surface area contributed by atoms with Crippen molar-refractivity contribution >= 4 is 17.8 Å². The van der Waals surface area contributed by atoms with Crippen molar-refractivity contribution in [3.05, 3.63) is 77.9 Å². The van der Waals surface area contributed by atoms with E-state index in [0.717, 1.165) is 11.1 Å². The first kappa shape index (κ1) is 23.1. The van der Waals surface area contributed by atoms with Gasteiger partial charge >= 0.3 is 5.97 Å². The maximum Gasteiger partial charge on any atom is 0.308 e. The molecule has 0 radical (unpaired) electrons. The number of piperazine rings is 1. The van der Waals surface area contributed by atoms with E-state index < -0.39 is 12.0 Å². The predicted octanol–water partition coefficient (Wildman–Crippen LogP) is 2.76. The van der Waals surface area contributed by atoms with Crippen LogP contribution >= 0.6 is 0 Å². The Morgan fingerprint density at radius 2 is 1.84 bits per heavy atom. The normalized spacial score (nSPS) is 15.6. The predicted molar refractivity (Wildman–Crippen MR) is 120 cm³/mol. The third-order valence-corrected chi connectivity index (χ3v) is 5.04. The minimum absolute atomic E-state index is 0.207. The lowest BCUT2D eigenvalue weighted by atomic mass is 10.1. The standard InChI is InChI=1S/C25H28N2O5/c1-18(2)17-32-22-11-7-6-10-20(22)25(30)27-14-13-26-24(29)21(27)16-23(28)31-15-12-19-8-4-3-5-9-19/h3-11,21H,1,12-17H2,2H3,(H,26,29). The average Bonchev–Trinajstić information content (AvgIpc) is 2.79. The first-order valence-electron chi connectivity index (χ1n) is 10.6. The number of nitrogens with one attached hydrogen (secondary N) is 1. The molecule has 0 aromatic heterocycles. The average molecular weight is 437 g/mol. The van der Waals surface area contributed by atoms with Crippen LogP contribution in [0.15, 0.2) is 66.7 Å². The zero-order chi connectivity index (χ0) is 22.9. The summed E-state index contributed by atoms with van der Waals surface area (Å²) in [6, 6.07) is 15.6. The van der Waals surface area contributed by atoms with Crippen LogP contribution in [-0.4, -0.2) is 55.0 Å². The molecular weight excluding hydrogens is 408 g/mol. The SMILES string of the molecule is C=C(C)COc1ccccc1C(=O)N1CCNC(=O)C1CC(=O)OCCc1ccccc1. The number of amides is 2. The number of ether oxygens (including phenoxy) is 2. The summed E-state index contributed by atoms with van der Waals surface area (Å²) >= 11 is 0. The Morgan fingerprint density at radius 1 is 1.12 bits per heavy atom. The second-order valence-corrected chi connectivity index (χ2v) is 7.71. The number of para-hydroxylation sites is 1. The fourth-order valence-corrected chi connectivity index (χ4v) is 3.43. The minimum atomic E-state index is -0.935. The van der Waals surface area contributed by atoms with Crippen LogP contribution in [0.3, 0.4) is 0 Å². The van der Waals surface area contributed by atoms with E-state index in [1.54, 1.807) is 24.3 Å². The van der Waals surface area contributed by atoms with E-state index in [1.165, 1.54) is 4.90 Å². The van der Waals surface area contributed by atoms with Crippen molar-refractivity contribution in [2.24, 2.45) is 0 Å². The molecule has 1 aliphatic rings. The van der Waals surface area contributed by atoms with Crippen LogP contribution in [0.4, 0.5) is 0 Å². The molecule has 1 atom stereocenters. The lowest BCUT2D eigenvalue weighted by molar-refractivity contribution is -0.147. The summed E-state index contributed by atoms with van der Waals surface area (Å²) in [5.74, 6) is -0.840. The molecule has 0 aliphatic carbocycles. The van der Waals surface area contributed by atoms with Crippen molar-refractivity contribution < 1.29 is 23.9 Å². The topological polar surface area (TPSA) is 84.9 Å². The van der Waals surface area contributed by atoms with Crippen LogP contribution < -0.4 is 10.1 Å². The summed E-state index contributed by atoms with van der Waals surface area (Å²) in [6.45, 7) is 6.74. The highest BCUT2D eigenvalue weighted by atomic mass is 16.5. The number of carbonyl (C=O) groups is 3. The third kappa shape index (κ3) is 6.20. The van der Waals surface area contributed by atoms with Gasteiger partial charge < -0.3 is 19.7 Å². The van der Waals surface area contributed by atoms with E-state index in [-0.39, 0.29) is 31.4 Å². The Labute approximate surface area is 188 Å². The number of rotatable bonds is 9. The third-order valence-electron chi connectivity index (χ3n) is 5.04. The Kier molecular flexibility index (Phi) is 8.02. The molecule has 2 aromatic carbocycles. The van der Waals surface area contributed by atoms with Gasteiger partial charge in [0.1, 0.15) is 18.4 Å². The zero-order valence-corrected chi connectivity index (χ0v) is 18.2. The van der Waals surface area contributed by atoms with Gasteiger partial charge in [-0.25, -0.2) is 0 Å². The van der Waals surface area contributed by atoms with E-state index in [9.17, 15) is 14.4 Å². The summed E-state index contributed by atoms with van der Waals surface area (Å²) in [5, 5.41) is 2.73. The van der Waals surface area contributed by atoms with Crippen LogP contribution in [0.25, 0.3) is 0 Å². The van der Waals surface area contributed by atoms with Gasteiger partial charge in [0.15, 0.2) is 0 Å². The number of hydrogen-bond donors (Lipinski definition) is 1. The molecule has 1 heterocycles. The first-order valence-corrected chi connectivity index (χ1v) is 10.6. The molecule has 0 spiro atoms. The second-order valence-electron chi connectivity index (χ2n) is 7.71. The largest absolute Gasteiger partial charge is 0.488 e. The maximum absolute atomic E-state index is 13.3. The van der Waals surface area contributed by atoms with Gasteiger partial charge in [-0.15, -0.1) is 0 Å². The van der Waals surface area contributed by atoms with Gasteiger partial charge in [-0.2, -0.15) is 0 Å². The molecule has 2 aromatic rings. The lowest BCUT2D eigenvalue weighted by Gasteiger charge is -2.34. The molecule has 1 aliphatic heterocycles. The molecule has 0 bridgehead atoms. The summed E-state index contributed by atoms with van der Waals surface area (Å²) in [5.41, 5.74) is 2.21. The van der Waals surface area contributed by atoms with Crippen molar-refractivity contribution in [2.75, 3.05) is 26.3 Å². The molecule has 7 heteroatoms. The van der Waals surface area contributed by atoms with Gasteiger partial charge in [-0.3, -0.25) is 14.4 Å². The number of hydrogen-bond acceptors (Lipinski definition) is 5. The summed E-state index contributed by atoms with van der Waals surface area (Å²) < 4.78 is 11.0. The number of esters is 1. The zero-order valence-electron chi connectivity index (χ0n) is 18.2. The van der Waals surface area contributed by atoms with E-state index in [4.69, 9.17) is 9.47 Å². The van der Waals surface area contributed by atoms with Crippen LogP contribution in [0.5, 0.6) is 5.75 Å². The van der Waals surface area contributed by atoms with Gasteiger partial charge in [0.05, 0.1) is 18.6 Å². The van der Waals surface area contributed by atoms with Gasteiger partial charge in [-0.1, -0.05) is 49.0 Å². The monoisotopic (exact) mass is 436 g/mol. The van der Waals surface area contributed by atoms with Crippen LogP contribution in [0.1, 0.15) is 29.3 Å². The maximum atomic E-state index is 13.3. The molecular formula is C25H28N2O5. The van der Waals surface area contributed by atoms with Crippen molar-refractivity contribution in [3.8, 4) is 5.75 Å². The summed E-state index contributed by atoms with van der Waals surface area (Å²) in [4.78, 5) is 39.6. The first-order chi connectivity index (χ1) is 15.5. The van der Waals surface area contributed by atoms with E-state index in [0.29, 0.717) is 30.8 Å². The molecule has 3 rings (SSSR count). The van der Waals surface area contributed by atoms with Crippen LogP contribution in [0.2, 0.25) is 0 Å². The van der Waals surface area contributed by atoms with Gasteiger partial charge in [0.2, 0.25) is 5.91 Å². The van der Waals surface area contributed by atoms with Gasteiger partial charge in [0.25, 0.3) is 5.91 Å². The van der Waals surface area contributed by atoms with Gasteiger partial charge in [-0.05, 0) is 30.2 Å². The smallest absolute Gasteiger partial charge is 0.308 e. The van der Waals surface area contributed by atoms with E-state index in [1.807, 2.05) is 37.3 Å². The van der Waals surface area contributed by atoms with Crippen LogP contribution in [0, 0.1) is 0 Å². The number of benzene rings is 2. The molecule has 1 fully saturated rings. The van der Waals surface area contributed by atoms with E-state index >= 15 is 0 Å². The molecule has 1 unspecified atom stereocenters. The Morgan fingerprint density at radius 3 is 2.59 bits per heavy atom. The summed E-state index contributed by atoms with van der Waals surface area (Å²) in [6.07, 6.45) is 0.376. The molecule has 1 N–H and O–H groups in total. The van der Waals surface area contributed by atoms with Crippen molar-refractivity contribution in [3.63, 3.8) is 0 Å². The molecule has 1 saturated heterocycles. The fraction of sp³-hybridized carbons (Fsp3) is 0.320. The molecule has 2 amide bonds. The quantitative estimate of drug-likeness (QED) is 0.483. The van der Waals surface area contributed by atoms with E-state index in [2.05, 4.69) is 11.9 Å². The highest BCUT2D eigenvalue weighted by Crippen LogP contribution is 2.23. The number of carbonyl (C=O) groups excluding carboxylic acids is 3. The fourth-order valence-electron chi connectivity index (χ4n) is 3.43. The Balaban J connectivity index is 1.66. The lowest BCUT2D eigenvalue weighted by Crippen LogP contribution is -2.57. The van der Waals surface area contributed by atoms with Crippen molar-refractivity contribution in [2.45, 2.75) is 25.8 Å². The minimum Gasteiger partial charge on any atom is -0.488 e. The molecule has 32 heavy (non-hydrogen) atoms. The van der Waals surface area contributed by atoms with Crippen LogP contribution in [-0.2, 0) is 20.7 Å². The molecule has 7 nitrogen and oxygen atoms in total. The second kappa shape index (κ2) is 11.1. The van der Waals surface area contributed by atoms with Crippen molar-refractivity contribution in [1.82, 2.24) is 10.2 Å². The Hall–Kier alpha value is -3.61. The van der Waals surface area contributed by atoms with Gasteiger partial charge in [0, 0.05) is 19.5 Å². The molecule has 168 valence electrons.